The molecule has 402 valence electrons. The summed E-state index contributed by atoms with van der Waals surface area (Å²) in [4.78, 5) is 39.8. The van der Waals surface area contributed by atoms with E-state index in [1.807, 2.05) is 33.3 Å². The van der Waals surface area contributed by atoms with Crippen molar-refractivity contribution in [1.82, 2.24) is 5.32 Å². The largest absolute Gasteiger partial charge is 0.756 e. The summed E-state index contributed by atoms with van der Waals surface area (Å²) in [5.74, 6) is -0.603. The van der Waals surface area contributed by atoms with E-state index in [2.05, 4.69) is 74.7 Å². The maximum atomic E-state index is 13.5. The van der Waals surface area contributed by atoms with Gasteiger partial charge in [-0.25, -0.2) is 0 Å². The summed E-state index contributed by atoms with van der Waals surface area (Å²) in [6, 6.07) is -0.914. The molecule has 0 saturated carbocycles. The molecule has 69 heavy (non-hydrogen) atoms. The molecule has 3 unspecified atom stereocenters. The Balaban J connectivity index is 5.46. The van der Waals surface area contributed by atoms with E-state index >= 15 is 0 Å². The van der Waals surface area contributed by atoms with Crippen LogP contribution in [0, 0.1) is 0 Å². The fraction of sp³-hybridized carbons (Fsp3) is 0.797. The van der Waals surface area contributed by atoms with Gasteiger partial charge in [-0.3, -0.25) is 14.2 Å². The zero-order valence-electron chi connectivity index (χ0n) is 45.8. The predicted molar refractivity (Wildman–Crippen MR) is 293 cm³/mol. The number of quaternary nitrogens is 1. The third-order valence-corrected chi connectivity index (χ3v) is 13.4. The standard InChI is InChI=1S/C59H109N2O7P/c1-7-10-13-16-19-22-25-28-29-30-31-34-36-39-42-45-48-51-58(62)60-56(55-67-69(64,65)66-54-53-61(4,5)6)57(50-47-44-41-38-35-32-26-23-20-17-14-11-8-2)68-59(63)52-49-46-43-40-37-33-27-24-21-18-15-12-9-3/h19,22,28-29,31,34,39,42,47,50,56-57H,7-18,20-21,23-27,30,32-33,35-38,40-41,43-46,48-49,51-55H2,1-6H3,(H-,60,62,64,65)/b22-19-,29-28-,34-31-,42-39-,50-47+. The number of amides is 1. The molecule has 3 atom stereocenters. The van der Waals surface area contributed by atoms with Gasteiger partial charge in [0.25, 0.3) is 7.82 Å². The molecule has 0 aliphatic heterocycles. The van der Waals surface area contributed by atoms with E-state index in [-0.39, 0.29) is 31.3 Å². The second kappa shape index (κ2) is 49.3. The number of ether oxygens (including phenoxy) is 1. The highest BCUT2D eigenvalue weighted by Gasteiger charge is 2.27. The fourth-order valence-electron chi connectivity index (χ4n) is 7.98. The second-order valence-electron chi connectivity index (χ2n) is 20.4. The first-order valence-corrected chi connectivity index (χ1v) is 30.1. The minimum atomic E-state index is -4.71. The predicted octanol–water partition coefficient (Wildman–Crippen LogP) is 16.5. The Kier molecular flexibility index (Phi) is 47.7. The van der Waals surface area contributed by atoms with E-state index in [1.54, 1.807) is 0 Å². The van der Waals surface area contributed by atoms with E-state index in [0.29, 0.717) is 17.4 Å². The van der Waals surface area contributed by atoms with Crippen LogP contribution < -0.4 is 10.2 Å². The number of phosphoric ester groups is 1. The Labute approximate surface area is 426 Å². The van der Waals surface area contributed by atoms with Gasteiger partial charge in [0.15, 0.2) is 0 Å². The molecule has 0 heterocycles. The summed E-state index contributed by atoms with van der Waals surface area (Å²) in [6.45, 7) is 6.77. The van der Waals surface area contributed by atoms with Crippen molar-refractivity contribution in [3.8, 4) is 0 Å². The Morgan fingerprint density at radius 2 is 0.899 bits per heavy atom. The van der Waals surface area contributed by atoms with Gasteiger partial charge in [0.05, 0.1) is 33.8 Å². The summed E-state index contributed by atoms with van der Waals surface area (Å²) < 4.78 is 30.2. The lowest BCUT2D eigenvalue weighted by atomic mass is 10.0. The van der Waals surface area contributed by atoms with Gasteiger partial charge in [0.2, 0.25) is 5.91 Å². The molecule has 0 aliphatic rings. The van der Waals surface area contributed by atoms with Crippen LogP contribution in [0.15, 0.2) is 60.8 Å². The number of allylic oxidation sites excluding steroid dienone is 9. The van der Waals surface area contributed by atoms with E-state index in [1.165, 1.54) is 148 Å². The number of nitrogens with zero attached hydrogens (tertiary/aromatic N) is 1. The van der Waals surface area contributed by atoms with Crippen molar-refractivity contribution in [2.24, 2.45) is 0 Å². The van der Waals surface area contributed by atoms with Crippen molar-refractivity contribution < 1.29 is 37.3 Å². The maximum Gasteiger partial charge on any atom is 0.306 e. The molecule has 10 heteroatoms. The minimum Gasteiger partial charge on any atom is -0.756 e. The van der Waals surface area contributed by atoms with Crippen LogP contribution in [0.4, 0.5) is 0 Å². The number of carbonyl (C=O) groups excluding carboxylic acids is 2. The van der Waals surface area contributed by atoms with Crippen LogP contribution in [0.1, 0.15) is 252 Å². The minimum absolute atomic E-state index is 0.0326. The van der Waals surface area contributed by atoms with Gasteiger partial charge in [-0.2, -0.15) is 0 Å². The monoisotopic (exact) mass is 989 g/mol. The van der Waals surface area contributed by atoms with Crippen LogP contribution in [0.5, 0.6) is 0 Å². The Morgan fingerprint density at radius 3 is 1.38 bits per heavy atom. The average molecular weight is 990 g/mol. The highest BCUT2D eigenvalue weighted by Crippen LogP contribution is 2.38. The van der Waals surface area contributed by atoms with Crippen molar-refractivity contribution in [3.63, 3.8) is 0 Å². The molecule has 0 aromatic carbocycles. The van der Waals surface area contributed by atoms with Crippen molar-refractivity contribution in [1.29, 1.82) is 0 Å². The summed E-state index contributed by atoms with van der Waals surface area (Å²) in [6.07, 6.45) is 60.4. The van der Waals surface area contributed by atoms with Gasteiger partial charge in [-0.1, -0.05) is 230 Å². The molecule has 0 rings (SSSR count). The highest BCUT2D eigenvalue weighted by atomic mass is 31.2. The highest BCUT2D eigenvalue weighted by molar-refractivity contribution is 7.45. The van der Waals surface area contributed by atoms with E-state index in [4.69, 9.17) is 13.8 Å². The molecule has 9 nitrogen and oxygen atoms in total. The number of rotatable bonds is 51. The molecular weight excluding hydrogens is 880 g/mol. The molecule has 0 radical (unpaired) electrons. The number of likely N-dealkylation sites (N-methyl/N-ethyl adjacent to an activating group) is 1. The number of unbranched alkanes of at least 4 members (excludes halogenated alkanes) is 27. The molecular formula is C59H109N2O7P. The number of nitrogens with one attached hydrogen (secondary N) is 1. The molecule has 0 aromatic heterocycles. The molecule has 0 saturated heterocycles. The SMILES string of the molecule is CCCCC/C=C\C/C=C\C/C=C\C/C=C\CCCC(=O)NC(COP(=O)([O-])OCC[N+](C)(C)C)C(/C=C/CCCCCCCCCCCCC)OC(=O)CCCCCCCCCCCCCCC. The van der Waals surface area contributed by atoms with Gasteiger partial charge >= 0.3 is 5.97 Å². The third-order valence-electron chi connectivity index (χ3n) is 12.5. The number of carbonyl (C=O) groups is 2. The van der Waals surface area contributed by atoms with Crippen LogP contribution in [0.2, 0.25) is 0 Å². The summed E-state index contributed by atoms with van der Waals surface area (Å²) >= 11 is 0. The van der Waals surface area contributed by atoms with Gasteiger partial charge in [0.1, 0.15) is 19.3 Å². The molecule has 0 aromatic rings. The number of hydrogen-bond donors (Lipinski definition) is 1. The normalized spacial score (nSPS) is 14.2. The third kappa shape index (κ3) is 50.4. The first kappa shape index (κ1) is 66.7. The lowest BCUT2D eigenvalue weighted by Crippen LogP contribution is -2.47. The summed E-state index contributed by atoms with van der Waals surface area (Å²) in [7, 11) is 1.15. The molecule has 1 N–H and O–H groups in total. The lowest BCUT2D eigenvalue weighted by Gasteiger charge is -2.30. The number of phosphoric acid groups is 1. The quantitative estimate of drug-likeness (QED) is 0.0212. The smallest absolute Gasteiger partial charge is 0.306 e. The Bertz CT molecular complexity index is 1370. The number of hydrogen-bond acceptors (Lipinski definition) is 7. The van der Waals surface area contributed by atoms with Crippen molar-refractivity contribution >= 4 is 19.7 Å². The van der Waals surface area contributed by atoms with E-state index in [9.17, 15) is 19.0 Å². The van der Waals surface area contributed by atoms with E-state index in [0.717, 1.165) is 64.2 Å². The Morgan fingerprint density at radius 1 is 0.507 bits per heavy atom. The fourth-order valence-corrected chi connectivity index (χ4v) is 8.71. The zero-order valence-corrected chi connectivity index (χ0v) is 46.7. The zero-order chi connectivity index (χ0) is 50.8. The van der Waals surface area contributed by atoms with Crippen LogP contribution in [0.3, 0.4) is 0 Å². The van der Waals surface area contributed by atoms with Gasteiger partial charge in [0, 0.05) is 12.8 Å². The second-order valence-corrected chi connectivity index (χ2v) is 21.9. The maximum absolute atomic E-state index is 13.5. The summed E-state index contributed by atoms with van der Waals surface area (Å²) in [5.41, 5.74) is 0. The lowest BCUT2D eigenvalue weighted by molar-refractivity contribution is -0.870. The van der Waals surface area contributed by atoms with Gasteiger partial charge in [-0.15, -0.1) is 0 Å². The van der Waals surface area contributed by atoms with Crippen LogP contribution in [-0.2, 0) is 27.9 Å². The van der Waals surface area contributed by atoms with Crippen molar-refractivity contribution in [3.05, 3.63) is 60.8 Å². The first-order valence-electron chi connectivity index (χ1n) is 28.6. The van der Waals surface area contributed by atoms with Crippen LogP contribution in [-0.4, -0.2) is 69.4 Å². The molecule has 0 fully saturated rings. The van der Waals surface area contributed by atoms with E-state index < -0.39 is 26.6 Å². The van der Waals surface area contributed by atoms with Gasteiger partial charge in [-0.05, 0) is 70.3 Å². The van der Waals surface area contributed by atoms with Crippen LogP contribution in [0.25, 0.3) is 0 Å². The van der Waals surface area contributed by atoms with Crippen LogP contribution >= 0.6 is 7.82 Å². The van der Waals surface area contributed by atoms with Gasteiger partial charge < -0.3 is 28.5 Å². The Hall–Kier alpha value is -2.29. The molecule has 1 amide bonds. The number of esters is 1. The van der Waals surface area contributed by atoms with Crippen molar-refractivity contribution in [2.75, 3.05) is 40.9 Å². The topological polar surface area (TPSA) is 114 Å². The molecule has 0 spiro atoms. The molecule has 0 bridgehead atoms. The van der Waals surface area contributed by atoms with Crippen molar-refractivity contribution in [2.45, 2.75) is 264 Å². The first-order chi connectivity index (χ1) is 33.4. The summed E-state index contributed by atoms with van der Waals surface area (Å²) in [5, 5.41) is 2.99. The average Bonchev–Trinajstić information content (AvgIpc) is 3.31. The molecule has 0 aliphatic carbocycles.